The average Bonchev–Trinajstić information content (AvgIpc) is 2.74. The second kappa shape index (κ2) is 10.5. The van der Waals surface area contributed by atoms with Crippen LogP contribution in [0.25, 0.3) is 0 Å². The zero-order valence-electron chi connectivity index (χ0n) is 17.2. The Morgan fingerprint density at radius 2 is 1.50 bits per heavy atom. The Morgan fingerprint density at radius 3 is 2.10 bits per heavy atom. The molecule has 7 nitrogen and oxygen atoms in total. The molecule has 1 aliphatic rings. The van der Waals surface area contributed by atoms with Crippen molar-refractivity contribution in [3.63, 3.8) is 0 Å². The third kappa shape index (κ3) is 6.42. The largest absolute Gasteiger partial charge is 0.349 e. The molecule has 0 radical (unpaired) electrons. The first-order chi connectivity index (χ1) is 14.5. The van der Waals surface area contributed by atoms with Crippen LogP contribution in [0.3, 0.4) is 0 Å². The Balaban J connectivity index is 1.48. The molecule has 0 spiro atoms. The van der Waals surface area contributed by atoms with Crippen LogP contribution in [0.15, 0.2) is 60.7 Å². The van der Waals surface area contributed by atoms with Crippen LogP contribution < -0.4 is 10.6 Å². The normalized spacial score (nSPS) is 15.3. The molecular weight excluding hydrogens is 380 g/mol. The van der Waals surface area contributed by atoms with E-state index in [1.54, 1.807) is 0 Å². The van der Waals surface area contributed by atoms with Gasteiger partial charge in [0.1, 0.15) is 0 Å². The van der Waals surface area contributed by atoms with Crippen molar-refractivity contribution < 1.29 is 14.4 Å². The van der Waals surface area contributed by atoms with Gasteiger partial charge < -0.3 is 15.5 Å². The quantitative estimate of drug-likeness (QED) is 0.735. The van der Waals surface area contributed by atoms with Crippen molar-refractivity contribution in [2.24, 2.45) is 0 Å². The topological polar surface area (TPSA) is 81.8 Å². The van der Waals surface area contributed by atoms with E-state index >= 15 is 0 Å². The van der Waals surface area contributed by atoms with Crippen molar-refractivity contribution in [3.05, 3.63) is 66.2 Å². The maximum atomic E-state index is 12.8. The number of nitrogens with zero attached hydrogens (tertiary/aromatic N) is 2. The summed E-state index contributed by atoms with van der Waals surface area (Å²) in [4.78, 5) is 40.5. The second-order valence-electron chi connectivity index (χ2n) is 7.44. The van der Waals surface area contributed by atoms with Crippen molar-refractivity contribution in [2.75, 3.05) is 38.0 Å². The highest BCUT2D eigenvalue weighted by Gasteiger charge is 2.25. The smallest absolute Gasteiger partial charge is 0.238 e. The third-order valence-corrected chi connectivity index (χ3v) is 5.11. The molecule has 2 N–H and O–H groups in total. The molecule has 1 aliphatic heterocycles. The van der Waals surface area contributed by atoms with Crippen molar-refractivity contribution >= 4 is 23.4 Å². The van der Waals surface area contributed by atoms with E-state index in [9.17, 15) is 14.4 Å². The molecule has 0 saturated carbocycles. The fourth-order valence-corrected chi connectivity index (χ4v) is 3.57. The van der Waals surface area contributed by atoms with E-state index in [2.05, 4.69) is 10.6 Å². The SMILES string of the molecule is CC(=O)NC(CC(=O)N1CCN(CC(=O)Nc2ccccc2)CC1)c1ccccc1. The van der Waals surface area contributed by atoms with Gasteiger partial charge in [0.2, 0.25) is 17.7 Å². The number of hydrogen-bond donors (Lipinski definition) is 2. The molecular formula is C23H28N4O3. The van der Waals surface area contributed by atoms with Crippen LogP contribution in [0.4, 0.5) is 5.69 Å². The molecule has 30 heavy (non-hydrogen) atoms. The minimum Gasteiger partial charge on any atom is -0.349 e. The zero-order chi connectivity index (χ0) is 21.3. The number of hydrogen-bond acceptors (Lipinski definition) is 4. The Labute approximate surface area is 177 Å². The molecule has 3 amide bonds. The number of carbonyl (C=O) groups is 3. The summed E-state index contributed by atoms with van der Waals surface area (Å²) < 4.78 is 0. The highest BCUT2D eigenvalue weighted by Crippen LogP contribution is 2.18. The number of para-hydroxylation sites is 1. The number of rotatable bonds is 7. The first-order valence-corrected chi connectivity index (χ1v) is 10.2. The lowest BCUT2D eigenvalue weighted by Crippen LogP contribution is -2.51. The van der Waals surface area contributed by atoms with Crippen LogP contribution in [0.2, 0.25) is 0 Å². The number of benzene rings is 2. The van der Waals surface area contributed by atoms with Gasteiger partial charge in [-0.25, -0.2) is 0 Å². The molecule has 3 rings (SSSR count). The molecule has 1 atom stereocenters. The lowest BCUT2D eigenvalue weighted by atomic mass is 10.0. The van der Waals surface area contributed by atoms with Crippen LogP contribution in [0, 0.1) is 0 Å². The molecule has 158 valence electrons. The van der Waals surface area contributed by atoms with E-state index in [0.717, 1.165) is 11.3 Å². The second-order valence-corrected chi connectivity index (χ2v) is 7.44. The first-order valence-electron chi connectivity index (χ1n) is 10.2. The van der Waals surface area contributed by atoms with Gasteiger partial charge in [-0.05, 0) is 17.7 Å². The fourth-order valence-electron chi connectivity index (χ4n) is 3.57. The lowest BCUT2D eigenvalue weighted by molar-refractivity contribution is -0.133. The van der Waals surface area contributed by atoms with E-state index in [4.69, 9.17) is 0 Å². The van der Waals surface area contributed by atoms with Crippen molar-refractivity contribution in [1.82, 2.24) is 15.1 Å². The molecule has 0 bridgehead atoms. The minimum atomic E-state index is -0.342. The molecule has 0 aliphatic carbocycles. The monoisotopic (exact) mass is 408 g/mol. The van der Waals surface area contributed by atoms with Crippen LogP contribution >= 0.6 is 0 Å². The molecule has 7 heteroatoms. The number of piperazine rings is 1. The van der Waals surface area contributed by atoms with Crippen molar-refractivity contribution in [3.8, 4) is 0 Å². The van der Waals surface area contributed by atoms with E-state index in [1.807, 2.05) is 70.5 Å². The maximum absolute atomic E-state index is 12.8. The first kappa shape index (κ1) is 21.5. The minimum absolute atomic E-state index is 0.00555. The summed E-state index contributed by atoms with van der Waals surface area (Å²) in [5.74, 6) is -0.215. The predicted octanol–water partition coefficient (Wildman–Crippen LogP) is 2.04. The Kier molecular flexibility index (Phi) is 7.57. The van der Waals surface area contributed by atoms with Crippen LogP contribution in [0.5, 0.6) is 0 Å². The summed E-state index contributed by atoms with van der Waals surface area (Å²) in [5, 5.41) is 5.76. The van der Waals surface area contributed by atoms with Crippen molar-refractivity contribution in [1.29, 1.82) is 0 Å². The van der Waals surface area contributed by atoms with Gasteiger partial charge in [0.15, 0.2) is 0 Å². The van der Waals surface area contributed by atoms with Crippen LogP contribution in [0.1, 0.15) is 24.9 Å². The van der Waals surface area contributed by atoms with Gasteiger partial charge in [-0.15, -0.1) is 0 Å². The van der Waals surface area contributed by atoms with E-state index in [1.165, 1.54) is 6.92 Å². The van der Waals surface area contributed by atoms with E-state index in [0.29, 0.717) is 32.7 Å². The van der Waals surface area contributed by atoms with Gasteiger partial charge in [0, 0.05) is 38.8 Å². The maximum Gasteiger partial charge on any atom is 0.238 e. The predicted molar refractivity (Wildman–Crippen MR) is 116 cm³/mol. The number of nitrogens with one attached hydrogen (secondary N) is 2. The lowest BCUT2D eigenvalue weighted by Gasteiger charge is -2.35. The fraction of sp³-hybridized carbons (Fsp3) is 0.348. The molecule has 1 heterocycles. The zero-order valence-corrected chi connectivity index (χ0v) is 17.2. The standard InChI is InChI=1S/C23H28N4O3/c1-18(28)24-21(19-8-4-2-5-9-19)16-23(30)27-14-12-26(13-15-27)17-22(29)25-20-10-6-3-7-11-20/h2-11,21H,12-17H2,1H3,(H,24,28)(H,25,29). The van der Waals surface area contributed by atoms with Gasteiger partial charge in [0.25, 0.3) is 0 Å². The van der Waals surface area contributed by atoms with Gasteiger partial charge in [-0.2, -0.15) is 0 Å². The Morgan fingerprint density at radius 1 is 0.900 bits per heavy atom. The average molecular weight is 409 g/mol. The van der Waals surface area contributed by atoms with Crippen molar-refractivity contribution in [2.45, 2.75) is 19.4 Å². The Bertz CT molecular complexity index is 849. The summed E-state index contributed by atoms with van der Waals surface area (Å²) in [6.07, 6.45) is 0.220. The van der Waals surface area contributed by atoms with E-state index in [-0.39, 0.29) is 30.2 Å². The molecule has 1 unspecified atom stereocenters. The number of amides is 3. The van der Waals surface area contributed by atoms with E-state index < -0.39 is 0 Å². The molecule has 2 aromatic carbocycles. The summed E-state index contributed by atoms with van der Waals surface area (Å²) in [5.41, 5.74) is 1.69. The highest BCUT2D eigenvalue weighted by atomic mass is 16.2. The van der Waals surface area contributed by atoms with Crippen LogP contribution in [-0.2, 0) is 14.4 Å². The Hall–Kier alpha value is -3.19. The van der Waals surface area contributed by atoms with Gasteiger partial charge in [-0.1, -0.05) is 48.5 Å². The summed E-state index contributed by atoms with van der Waals surface area (Å²) in [6.45, 7) is 4.18. The van der Waals surface area contributed by atoms with Gasteiger partial charge >= 0.3 is 0 Å². The molecule has 1 fully saturated rings. The third-order valence-electron chi connectivity index (χ3n) is 5.11. The molecule has 0 aromatic heterocycles. The summed E-state index contributed by atoms with van der Waals surface area (Å²) in [7, 11) is 0. The van der Waals surface area contributed by atoms with Gasteiger partial charge in [-0.3, -0.25) is 19.3 Å². The van der Waals surface area contributed by atoms with Crippen LogP contribution in [-0.4, -0.2) is 60.2 Å². The number of carbonyl (C=O) groups excluding carboxylic acids is 3. The summed E-state index contributed by atoms with van der Waals surface area (Å²) >= 11 is 0. The highest BCUT2D eigenvalue weighted by molar-refractivity contribution is 5.92. The number of anilines is 1. The molecule has 2 aromatic rings. The van der Waals surface area contributed by atoms with Gasteiger partial charge in [0.05, 0.1) is 19.0 Å². The molecule has 1 saturated heterocycles. The summed E-state index contributed by atoms with van der Waals surface area (Å²) in [6, 6.07) is 18.6.